The Morgan fingerprint density at radius 1 is 1.17 bits per heavy atom. The number of hydrogen-bond acceptors (Lipinski definition) is 1. The van der Waals surface area contributed by atoms with Crippen molar-refractivity contribution in [3.05, 3.63) is 0 Å². The third-order valence-corrected chi connectivity index (χ3v) is 1.52. The molecule has 0 radical (unpaired) electrons. The number of hydrogen-bond donors (Lipinski definition) is 0. The van der Waals surface area contributed by atoms with Gasteiger partial charge in [-0.05, 0) is 20.3 Å². The van der Waals surface area contributed by atoms with E-state index < -0.39 is 0 Å². The molecule has 0 saturated heterocycles. The smallest absolute Gasteiger partial charge is 0.108 e. The number of rotatable bonds is 5. The summed E-state index contributed by atoms with van der Waals surface area (Å²) in [5, 5.41) is 0. The standard InChI is InChI=1S/C11H20O/c1-4-5-6-7-8-9-10-12-11(2)3/h11H,4-7,10H2,1-3H3. The maximum Gasteiger partial charge on any atom is 0.108 e. The number of ether oxygens (including phenoxy) is 1. The first-order valence-corrected chi connectivity index (χ1v) is 4.84. The van der Waals surface area contributed by atoms with E-state index in [0.29, 0.717) is 12.7 Å². The second-order valence-corrected chi connectivity index (χ2v) is 3.17. The second-order valence-electron chi connectivity index (χ2n) is 3.17. The highest BCUT2D eigenvalue weighted by Crippen LogP contribution is 1.96. The largest absolute Gasteiger partial charge is 0.366 e. The van der Waals surface area contributed by atoms with Gasteiger partial charge in [-0.15, -0.1) is 5.92 Å². The van der Waals surface area contributed by atoms with Crippen molar-refractivity contribution >= 4 is 0 Å². The van der Waals surface area contributed by atoms with Crippen LogP contribution in [-0.4, -0.2) is 12.7 Å². The molecule has 70 valence electrons. The van der Waals surface area contributed by atoms with E-state index in [1.54, 1.807) is 0 Å². The van der Waals surface area contributed by atoms with Gasteiger partial charge in [0.05, 0.1) is 6.10 Å². The van der Waals surface area contributed by atoms with Crippen molar-refractivity contribution in [1.82, 2.24) is 0 Å². The highest BCUT2D eigenvalue weighted by molar-refractivity contribution is 4.98. The van der Waals surface area contributed by atoms with Gasteiger partial charge in [-0.25, -0.2) is 0 Å². The average molecular weight is 168 g/mol. The fourth-order valence-electron chi connectivity index (χ4n) is 0.811. The molecule has 0 spiro atoms. The normalized spacial score (nSPS) is 9.67. The van der Waals surface area contributed by atoms with Crippen LogP contribution in [0.2, 0.25) is 0 Å². The van der Waals surface area contributed by atoms with Crippen LogP contribution in [0.15, 0.2) is 0 Å². The predicted octanol–water partition coefficient (Wildman–Crippen LogP) is 3.00. The lowest BCUT2D eigenvalue weighted by atomic mass is 10.2. The summed E-state index contributed by atoms with van der Waals surface area (Å²) in [7, 11) is 0. The molecule has 0 N–H and O–H groups in total. The zero-order valence-electron chi connectivity index (χ0n) is 8.52. The quantitative estimate of drug-likeness (QED) is 0.453. The van der Waals surface area contributed by atoms with Crippen LogP contribution in [0.1, 0.15) is 46.5 Å². The van der Waals surface area contributed by atoms with Crippen LogP contribution in [0.3, 0.4) is 0 Å². The predicted molar refractivity (Wildman–Crippen MR) is 53.0 cm³/mol. The SMILES string of the molecule is CCCCCC#CCOC(C)C. The van der Waals surface area contributed by atoms with Gasteiger partial charge in [0.25, 0.3) is 0 Å². The zero-order valence-corrected chi connectivity index (χ0v) is 8.52. The summed E-state index contributed by atoms with van der Waals surface area (Å²) < 4.78 is 5.27. The maximum absolute atomic E-state index is 5.27. The van der Waals surface area contributed by atoms with Crippen LogP contribution in [0.5, 0.6) is 0 Å². The van der Waals surface area contributed by atoms with E-state index in [-0.39, 0.29) is 0 Å². The second kappa shape index (κ2) is 8.62. The summed E-state index contributed by atoms with van der Waals surface area (Å²) in [6, 6.07) is 0. The molecule has 0 aromatic heterocycles. The lowest BCUT2D eigenvalue weighted by molar-refractivity contribution is 0.107. The third-order valence-electron chi connectivity index (χ3n) is 1.52. The molecule has 0 heterocycles. The molecule has 0 fully saturated rings. The molecule has 0 saturated carbocycles. The molecular formula is C11H20O. The lowest BCUT2D eigenvalue weighted by Crippen LogP contribution is -2.01. The molecule has 0 aliphatic heterocycles. The summed E-state index contributed by atoms with van der Waals surface area (Å²) in [5.41, 5.74) is 0. The van der Waals surface area contributed by atoms with Crippen LogP contribution in [0.25, 0.3) is 0 Å². The average Bonchev–Trinajstić information content (AvgIpc) is 2.02. The van der Waals surface area contributed by atoms with Gasteiger partial charge in [0.1, 0.15) is 6.61 Å². The van der Waals surface area contributed by atoms with Gasteiger partial charge in [0.15, 0.2) is 0 Å². The molecule has 0 rings (SSSR count). The van der Waals surface area contributed by atoms with E-state index in [9.17, 15) is 0 Å². The molecule has 0 aromatic rings. The molecule has 1 nitrogen and oxygen atoms in total. The molecule has 0 aromatic carbocycles. The molecule has 0 unspecified atom stereocenters. The molecule has 0 bridgehead atoms. The Labute approximate surface area is 76.5 Å². The molecule has 1 heteroatoms. The van der Waals surface area contributed by atoms with Gasteiger partial charge in [-0.3, -0.25) is 0 Å². The van der Waals surface area contributed by atoms with E-state index >= 15 is 0 Å². The Morgan fingerprint density at radius 3 is 2.50 bits per heavy atom. The van der Waals surface area contributed by atoms with Crippen LogP contribution in [-0.2, 0) is 4.74 Å². The van der Waals surface area contributed by atoms with Gasteiger partial charge < -0.3 is 4.74 Å². The monoisotopic (exact) mass is 168 g/mol. The van der Waals surface area contributed by atoms with E-state index in [2.05, 4.69) is 18.8 Å². The maximum atomic E-state index is 5.27. The molecule has 0 aliphatic carbocycles. The minimum Gasteiger partial charge on any atom is -0.366 e. The molecule has 0 amide bonds. The van der Waals surface area contributed by atoms with Crippen molar-refractivity contribution in [3.63, 3.8) is 0 Å². The minimum absolute atomic E-state index is 0.301. The Kier molecular flexibility index (Phi) is 8.27. The lowest BCUT2D eigenvalue weighted by Gasteiger charge is -2.00. The highest BCUT2D eigenvalue weighted by Gasteiger charge is 1.87. The van der Waals surface area contributed by atoms with Gasteiger partial charge in [-0.2, -0.15) is 0 Å². The van der Waals surface area contributed by atoms with Gasteiger partial charge in [0.2, 0.25) is 0 Å². The fourth-order valence-corrected chi connectivity index (χ4v) is 0.811. The van der Waals surface area contributed by atoms with Gasteiger partial charge >= 0.3 is 0 Å². The highest BCUT2D eigenvalue weighted by atomic mass is 16.5. The van der Waals surface area contributed by atoms with Crippen molar-refractivity contribution in [1.29, 1.82) is 0 Å². The van der Waals surface area contributed by atoms with Crippen molar-refractivity contribution < 1.29 is 4.74 Å². The number of unbranched alkanes of at least 4 members (excludes halogenated alkanes) is 3. The first-order valence-electron chi connectivity index (χ1n) is 4.84. The van der Waals surface area contributed by atoms with Crippen molar-refractivity contribution in [2.24, 2.45) is 0 Å². The summed E-state index contributed by atoms with van der Waals surface area (Å²) in [6.45, 7) is 6.84. The Hall–Kier alpha value is -0.480. The first-order chi connectivity index (χ1) is 5.77. The van der Waals surface area contributed by atoms with E-state index in [1.165, 1.54) is 19.3 Å². The van der Waals surface area contributed by atoms with Crippen LogP contribution >= 0.6 is 0 Å². The van der Waals surface area contributed by atoms with Gasteiger partial charge in [-0.1, -0.05) is 25.7 Å². The van der Waals surface area contributed by atoms with Crippen molar-refractivity contribution in [2.75, 3.05) is 6.61 Å². The Bertz CT molecular complexity index is 139. The summed E-state index contributed by atoms with van der Waals surface area (Å²) in [6.07, 6.45) is 5.11. The molecule has 12 heavy (non-hydrogen) atoms. The fraction of sp³-hybridized carbons (Fsp3) is 0.818. The summed E-state index contributed by atoms with van der Waals surface area (Å²) in [5.74, 6) is 6.10. The topological polar surface area (TPSA) is 9.23 Å². The van der Waals surface area contributed by atoms with Crippen LogP contribution in [0, 0.1) is 11.8 Å². The molecular weight excluding hydrogens is 148 g/mol. The summed E-state index contributed by atoms with van der Waals surface area (Å²) >= 11 is 0. The van der Waals surface area contributed by atoms with E-state index in [4.69, 9.17) is 4.74 Å². The summed E-state index contributed by atoms with van der Waals surface area (Å²) in [4.78, 5) is 0. The van der Waals surface area contributed by atoms with E-state index in [0.717, 1.165) is 6.42 Å². The van der Waals surface area contributed by atoms with Gasteiger partial charge in [0, 0.05) is 6.42 Å². The Morgan fingerprint density at radius 2 is 1.92 bits per heavy atom. The third kappa shape index (κ3) is 9.52. The van der Waals surface area contributed by atoms with Crippen molar-refractivity contribution in [3.8, 4) is 11.8 Å². The minimum atomic E-state index is 0.301. The zero-order chi connectivity index (χ0) is 9.23. The van der Waals surface area contributed by atoms with Crippen LogP contribution < -0.4 is 0 Å². The molecule has 0 atom stereocenters. The van der Waals surface area contributed by atoms with E-state index in [1.807, 2.05) is 13.8 Å². The first kappa shape index (κ1) is 11.5. The van der Waals surface area contributed by atoms with Crippen molar-refractivity contribution in [2.45, 2.75) is 52.6 Å². The molecule has 0 aliphatic rings. The van der Waals surface area contributed by atoms with Crippen LogP contribution in [0.4, 0.5) is 0 Å². The Balaban J connectivity index is 3.12.